The van der Waals surface area contributed by atoms with Crippen molar-refractivity contribution in [2.45, 2.75) is 6.92 Å². The molecular weight excluding hydrogens is 176 g/mol. The Morgan fingerprint density at radius 2 is 1.77 bits per heavy atom. The predicted molar refractivity (Wildman–Crippen MR) is 63.3 cm³/mol. The normalized spacial score (nSPS) is 11.6. The smallest absolute Gasteiger partial charge is 0.0253 e. The Bertz CT molecular complexity index is 314. The van der Waals surface area contributed by atoms with Crippen molar-refractivity contribution >= 4 is 10.0 Å². The average Bonchev–Trinajstić information content (AvgIpc) is 2.17. The Labute approximate surface area is 82.7 Å². The van der Waals surface area contributed by atoms with Crippen LogP contribution in [-0.2, 0) is 0 Å². The number of hydrogen-bond donors (Lipinski definition) is 0. The van der Waals surface area contributed by atoms with Crippen LogP contribution in [-0.4, -0.2) is 18.3 Å². The molecule has 0 aliphatic rings. The molecule has 0 aliphatic heterocycles. The van der Waals surface area contributed by atoms with Crippen molar-refractivity contribution < 1.29 is 0 Å². The maximum atomic E-state index is 3.36. The van der Waals surface area contributed by atoms with Gasteiger partial charge in [0.2, 0.25) is 0 Å². The van der Waals surface area contributed by atoms with Crippen LogP contribution in [0.1, 0.15) is 12.5 Å². The molecule has 0 aromatic heterocycles. The Morgan fingerprint density at radius 3 is 2.31 bits per heavy atom. The highest BCUT2D eigenvalue weighted by molar-refractivity contribution is 8.36. The van der Waals surface area contributed by atoms with Crippen molar-refractivity contribution in [3.63, 3.8) is 0 Å². The summed E-state index contributed by atoms with van der Waals surface area (Å²) in [5.74, 6) is 4.40. The molecule has 0 bridgehead atoms. The number of benzene rings is 1. The second kappa shape index (κ2) is 4.39. The summed E-state index contributed by atoms with van der Waals surface area (Å²) in [5, 5.41) is 3.36. The highest BCUT2D eigenvalue weighted by Crippen LogP contribution is 2.37. The fraction of sp³-hybridized carbons (Fsp3) is 0.333. The molecule has 70 valence electrons. The molecule has 0 saturated carbocycles. The first-order valence-electron chi connectivity index (χ1n) is 4.43. The van der Waals surface area contributed by atoms with E-state index in [1.807, 2.05) is 18.2 Å². The van der Waals surface area contributed by atoms with Crippen molar-refractivity contribution in [1.29, 1.82) is 0 Å². The topological polar surface area (TPSA) is 0 Å². The third kappa shape index (κ3) is 3.57. The van der Waals surface area contributed by atoms with Crippen LogP contribution in [0.2, 0.25) is 0 Å². The Balaban J connectivity index is 2.79. The second-order valence-electron chi connectivity index (χ2n) is 3.42. The van der Waals surface area contributed by atoms with E-state index in [0.29, 0.717) is 0 Å². The summed E-state index contributed by atoms with van der Waals surface area (Å²) in [5.41, 5.74) is 1.12. The van der Waals surface area contributed by atoms with Gasteiger partial charge < -0.3 is 0 Å². The summed E-state index contributed by atoms with van der Waals surface area (Å²) in [6, 6.07) is 10.2. The molecule has 1 heteroatoms. The van der Waals surface area contributed by atoms with E-state index in [2.05, 4.69) is 42.7 Å². The molecule has 0 saturated heterocycles. The standard InChI is InChI=1S/C12H16S/c1-4-13(2,3)11-10-12-8-6-5-7-9-12/h5-9H,4H2,1-3H3. The van der Waals surface area contributed by atoms with E-state index >= 15 is 0 Å². The van der Waals surface area contributed by atoms with Crippen molar-refractivity contribution in [1.82, 2.24) is 0 Å². The lowest BCUT2D eigenvalue weighted by molar-refractivity contribution is 1.50. The van der Waals surface area contributed by atoms with Gasteiger partial charge in [-0.3, -0.25) is 0 Å². The molecule has 0 radical (unpaired) electrons. The molecule has 1 aromatic carbocycles. The van der Waals surface area contributed by atoms with Crippen molar-refractivity contribution in [3.05, 3.63) is 35.9 Å². The number of rotatable bonds is 1. The average molecular weight is 192 g/mol. The zero-order chi connectivity index (χ0) is 9.73. The molecule has 0 N–H and O–H groups in total. The lowest BCUT2D eigenvalue weighted by atomic mass is 10.2. The summed E-state index contributed by atoms with van der Waals surface area (Å²) in [6.07, 6.45) is 4.51. The van der Waals surface area contributed by atoms with Crippen LogP contribution in [0.5, 0.6) is 0 Å². The highest BCUT2D eigenvalue weighted by atomic mass is 32.3. The first kappa shape index (κ1) is 10.2. The Morgan fingerprint density at radius 1 is 1.15 bits per heavy atom. The van der Waals surface area contributed by atoms with Crippen LogP contribution in [0.4, 0.5) is 0 Å². The minimum absolute atomic E-state index is 0.679. The lowest BCUT2D eigenvalue weighted by Gasteiger charge is -2.20. The SMILES string of the molecule is CCS(C)(C)C#Cc1ccccc1. The fourth-order valence-electron chi connectivity index (χ4n) is 0.791. The van der Waals surface area contributed by atoms with E-state index in [1.54, 1.807) is 0 Å². The summed E-state index contributed by atoms with van der Waals surface area (Å²) < 4.78 is 0. The monoisotopic (exact) mass is 192 g/mol. The van der Waals surface area contributed by atoms with Gasteiger partial charge in [0.1, 0.15) is 0 Å². The molecule has 0 unspecified atom stereocenters. The van der Waals surface area contributed by atoms with E-state index in [0.717, 1.165) is 5.56 Å². The first-order chi connectivity index (χ1) is 6.14. The Hall–Kier alpha value is -0.870. The fourth-order valence-corrected chi connectivity index (χ4v) is 1.33. The number of hydrogen-bond acceptors (Lipinski definition) is 0. The van der Waals surface area contributed by atoms with Gasteiger partial charge in [0.25, 0.3) is 0 Å². The molecule has 0 atom stereocenters. The van der Waals surface area contributed by atoms with Crippen molar-refractivity contribution in [2.24, 2.45) is 0 Å². The zero-order valence-electron chi connectivity index (χ0n) is 8.50. The van der Waals surface area contributed by atoms with Gasteiger partial charge in [-0.1, -0.05) is 31.0 Å². The lowest BCUT2D eigenvalue weighted by Crippen LogP contribution is -1.93. The van der Waals surface area contributed by atoms with E-state index in [9.17, 15) is 0 Å². The molecule has 0 amide bonds. The van der Waals surface area contributed by atoms with Crippen LogP contribution in [0.3, 0.4) is 0 Å². The van der Waals surface area contributed by atoms with Crippen LogP contribution in [0, 0.1) is 11.2 Å². The van der Waals surface area contributed by atoms with Gasteiger partial charge >= 0.3 is 0 Å². The van der Waals surface area contributed by atoms with E-state index in [-0.39, 0.29) is 0 Å². The van der Waals surface area contributed by atoms with Crippen LogP contribution in [0.25, 0.3) is 0 Å². The molecule has 0 aliphatic carbocycles. The minimum atomic E-state index is -0.679. The third-order valence-corrected chi connectivity index (χ3v) is 4.07. The second-order valence-corrected chi connectivity index (χ2v) is 7.28. The van der Waals surface area contributed by atoms with E-state index in [1.165, 1.54) is 5.75 Å². The summed E-state index contributed by atoms with van der Waals surface area (Å²) in [6.45, 7) is 2.20. The van der Waals surface area contributed by atoms with Gasteiger partial charge in [0.15, 0.2) is 0 Å². The third-order valence-electron chi connectivity index (χ3n) is 1.97. The molecule has 0 fully saturated rings. The molecule has 0 nitrogen and oxygen atoms in total. The van der Waals surface area contributed by atoms with E-state index < -0.39 is 10.0 Å². The molecular formula is C12H16S. The van der Waals surface area contributed by atoms with Gasteiger partial charge in [0, 0.05) is 5.56 Å². The first-order valence-corrected chi connectivity index (χ1v) is 7.05. The molecule has 1 rings (SSSR count). The largest absolute Gasteiger partial charge is 0.183 e. The highest BCUT2D eigenvalue weighted by Gasteiger charge is 2.02. The predicted octanol–water partition coefficient (Wildman–Crippen LogP) is 3.08. The quantitative estimate of drug-likeness (QED) is 0.600. The van der Waals surface area contributed by atoms with Gasteiger partial charge in [-0.25, -0.2) is 0 Å². The molecule has 0 heterocycles. The molecule has 13 heavy (non-hydrogen) atoms. The Kier molecular flexibility index (Phi) is 3.45. The van der Waals surface area contributed by atoms with Crippen LogP contribution in [0.15, 0.2) is 30.3 Å². The summed E-state index contributed by atoms with van der Waals surface area (Å²) >= 11 is 0. The van der Waals surface area contributed by atoms with Crippen LogP contribution < -0.4 is 0 Å². The summed E-state index contributed by atoms with van der Waals surface area (Å²) in [7, 11) is -0.679. The summed E-state index contributed by atoms with van der Waals surface area (Å²) in [4.78, 5) is 0. The van der Waals surface area contributed by atoms with E-state index in [4.69, 9.17) is 0 Å². The van der Waals surface area contributed by atoms with Crippen molar-refractivity contribution in [3.8, 4) is 11.2 Å². The van der Waals surface area contributed by atoms with Gasteiger partial charge in [-0.15, -0.1) is 0 Å². The maximum Gasteiger partial charge on any atom is 0.0253 e. The van der Waals surface area contributed by atoms with Crippen LogP contribution >= 0.6 is 10.0 Å². The van der Waals surface area contributed by atoms with Gasteiger partial charge in [0.05, 0.1) is 0 Å². The molecule has 1 aromatic rings. The van der Waals surface area contributed by atoms with Gasteiger partial charge in [-0.2, -0.15) is 10.0 Å². The maximum absolute atomic E-state index is 3.36. The van der Waals surface area contributed by atoms with Crippen molar-refractivity contribution in [2.75, 3.05) is 18.3 Å². The minimum Gasteiger partial charge on any atom is -0.183 e. The van der Waals surface area contributed by atoms with Gasteiger partial charge in [-0.05, 0) is 35.6 Å². The zero-order valence-corrected chi connectivity index (χ0v) is 9.32. The molecule has 0 spiro atoms.